The first-order valence-corrected chi connectivity index (χ1v) is 7.11. The first kappa shape index (κ1) is 16.0. The molecule has 0 aromatic carbocycles. The monoisotopic (exact) mass is 270 g/mol. The van der Waals surface area contributed by atoms with Crippen molar-refractivity contribution >= 4 is 11.9 Å². The van der Waals surface area contributed by atoms with E-state index in [1.165, 1.54) is 0 Å². The summed E-state index contributed by atoms with van der Waals surface area (Å²) in [4.78, 5) is 24.1. The molecule has 0 aromatic rings. The van der Waals surface area contributed by atoms with Crippen molar-refractivity contribution in [2.45, 2.75) is 52.5 Å². The Kier molecular flexibility index (Phi) is 4.96. The molecule has 19 heavy (non-hydrogen) atoms. The van der Waals surface area contributed by atoms with E-state index in [0.717, 1.165) is 13.0 Å². The molecule has 1 rings (SSSR count). The van der Waals surface area contributed by atoms with Gasteiger partial charge in [0.25, 0.3) is 0 Å². The highest BCUT2D eigenvalue weighted by Gasteiger charge is 2.47. The summed E-state index contributed by atoms with van der Waals surface area (Å²) in [6, 6.07) is 0. The molecular weight excluding hydrogens is 244 g/mol. The number of rotatable bonds is 6. The van der Waals surface area contributed by atoms with Crippen LogP contribution in [-0.2, 0) is 9.59 Å². The van der Waals surface area contributed by atoms with Crippen LogP contribution >= 0.6 is 0 Å². The van der Waals surface area contributed by atoms with Crippen LogP contribution in [-0.4, -0.2) is 35.6 Å². The van der Waals surface area contributed by atoms with Gasteiger partial charge in [-0.15, -0.1) is 0 Å². The van der Waals surface area contributed by atoms with Gasteiger partial charge in [-0.1, -0.05) is 27.7 Å². The fraction of sp³-hybridized carbons (Fsp3) is 0.857. The van der Waals surface area contributed by atoms with Gasteiger partial charge in [0.2, 0.25) is 5.91 Å². The zero-order valence-corrected chi connectivity index (χ0v) is 12.4. The number of hydrogen-bond donors (Lipinski definition) is 3. The number of carbonyl (C=O) groups excluding carboxylic acids is 1. The first-order valence-electron chi connectivity index (χ1n) is 7.11. The molecule has 1 saturated heterocycles. The molecule has 1 aliphatic rings. The van der Waals surface area contributed by atoms with Crippen molar-refractivity contribution in [3.63, 3.8) is 0 Å². The van der Waals surface area contributed by atoms with Crippen LogP contribution in [0.25, 0.3) is 0 Å². The maximum absolute atomic E-state index is 12.6. The molecule has 0 radical (unpaired) electrons. The van der Waals surface area contributed by atoms with Gasteiger partial charge in [0.1, 0.15) is 5.54 Å². The lowest BCUT2D eigenvalue weighted by Crippen LogP contribution is -2.59. The fourth-order valence-corrected chi connectivity index (χ4v) is 2.78. The summed E-state index contributed by atoms with van der Waals surface area (Å²) in [6.07, 6.45) is 1.55. The van der Waals surface area contributed by atoms with Crippen LogP contribution in [0.15, 0.2) is 0 Å². The minimum atomic E-state index is -1.14. The lowest BCUT2D eigenvalue weighted by molar-refractivity contribution is -0.150. The number of carboxylic acids is 1. The molecule has 0 spiro atoms. The third kappa shape index (κ3) is 2.76. The summed E-state index contributed by atoms with van der Waals surface area (Å²) in [5.41, 5.74) is -1.62. The van der Waals surface area contributed by atoms with Crippen molar-refractivity contribution in [2.24, 2.45) is 11.3 Å². The van der Waals surface area contributed by atoms with Crippen molar-refractivity contribution in [2.75, 3.05) is 13.1 Å². The molecule has 0 saturated carbocycles. The predicted octanol–water partition coefficient (Wildman–Crippen LogP) is 1.38. The first-order chi connectivity index (χ1) is 8.84. The van der Waals surface area contributed by atoms with Gasteiger partial charge < -0.3 is 15.7 Å². The standard InChI is InChI=1S/C14H26N2O3/c1-5-14(6-2,12(18)19)16-11(17)13(10(3)4)7-8-15-9-13/h10,15H,5-9H2,1-4H3,(H,16,17)(H,18,19). The predicted molar refractivity (Wildman–Crippen MR) is 73.8 cm³/mol. The average molecular weight is 270 g/mol. The molecule has 5 heteroatoms. The van der Waals surface area contributed by atoms with Crippen LogP contribution < -0.4 is 10.6 Å². The minimum absolute atomic E-state index is 0.126. The van der Waals surface area contributed by atoms with Crippen molar-refractivity contribution in [1.82, 2.24) is 10.6 Å². The van der Waals surface area contributed by atoms with Gasteiger partial charge in [-0.3, -0.25) is 4.79 Å². The van der Waals surface area contributed by atoms with Gasteiger partial charge in [0, 0.05) is 6.54 Å². The summed E-state index contributed by atoms with van der Waals surface area (Å²) in [6.45, 7) is 9.07. The summed E-state index contributed by atoms with van der Waals surface area (Å²) in [5, 5.41) is 15.4. The lowest BCUT2D eigenvalue weighted by Gasteiger charge is -2.36. The second-order valence-corrected chi connectivity index (χ2v) is 5.79. The van der Waals surface area contributed by atoms with E-state index < -0.39 is 16.9 Å². The van der Waals surface area contributed by atoms with E-state index >= 15 is 0 Å². The molecule has 1 fully saturated rings. The quantitative estimate of drug-likeness (QED) is 0.681. The Morgan fingerprint density at radius 1 is 1.37 bits per heavy atom. The maximum Gasteiger partial charge on any atom is 0.329 e. The molecule has 0 bridgehead atoms. The summed E-state index contributed by atoms with van der Waals surface area (Å²) in [5.74, 6) is -0.892. The van der Waals surface area contributed by atoms with Crippen LogP contribution in [0.5, 0.6) is 0 Å². The van der Waals surface area contributed by atoms with E-state index in [1.807, 2.05) is 13.8 Å². The SMILES string of the molecule is CCC(CC)(NC(=O)C1(C(C)C)CCNC1)C(=O)O. The van der Waals surface area contributed by atoms with Crippen molar-refractivity contribution in [1.29, 1.82) is 0 Å². The van der Waals surface area contributed by atoms with Gasteiger partial charge in [0.05, 0.1) is 5.41 Å². The average Bonchev–Trinajstić information content (AvgIpc) is 2.86. The molecule has 1 unspecified atom stereocenters. The van der Waals surface area contributed by atoms with Crippen LogP contribution in [0.4, 0.5) is 0 Å². The molecule has 1 atom stereocenters. The Labute approximate surface area is 115 Å². The van der Waals surface area contributed by atoms with Gasteiger partial charge >= 0.3 is 5.97 Å². The Hall–Kier alpha value is -1.10. The Morgan fingerprint density at radius 2 is 1.95 bits per heavy atom. The van der Waals surface area contributed by atoms with Crippen LogP contribution in [0.1, 0.15) is 47.0 Å². The van der Waals surface area contributed by atoms with Gasteiger partial charge in [-0.2, -0.15) is 0 Å². The lowest BCUT2D eigenvalue weighted by atomic mass is 9.74. The number of hydrogen-bond acceptors (Lipinski definition) is 3. The molecule has 0 aliphatic carbocycles. The van der Waals surface area contributed by atoms with Gasteiger partial charge in [0.15, 0.2) is 0 Å². The Bertz CT molecular complexity index is 343. The molecule has 1 amide bonds. The zero-order chi connectivity index (χ0) is 14.7. The van der Waals surface area contributed by atoms with Crippen LogP contribution in [0.3, 0.4) is 0 Å². The Balaban J connectivity index is 2.96. The molecule has 1 aliphatic heterocycles. The highest BCUT2D eigenvalue weighted by molar-refractivity contribution is 5.90. The van der Waals surface area contributed by atoms with Gasteiger partial charge in [-0.25, -0.2) is 4.79 Å². The molecule has 5 nitrogen and oxygen atoms in total. The van der Waals surface area contributed by atoms with Crippen molar-refractivity contribution < 1.29 is 14.7 Å². The van der Waals surface area contributed by atoms with Crippen molar-refractivity contribution in [3.8, 4) is 0 Å². The second kappa shape index (κ2) is 5.90. The van der Waals surface area contributed by atoms with E-state index in [4.69, 9.17) is 0 Å². The third-order valence-corrected chi connectivity index (χ3v) is 4.72. The van der Waals surface area contributed by atoms with E-state index in [9.17, 15) is 14.7 Å². The minimum Gasteiger partial charge on any atom is -0.480 e. The second-order valence-electron chi connectivity index (χ2n) is 5.79. The normalized spacial score (nSPS) is 23.6. The summed E-state index contributed by atoms with van der Waals surface area (Å²) in [7, 11) is 0. The number of carboxylic acid groups (broad SMARTS) is 1. The van der Waals surface area contributed by atoms with E-state index in [2.05, 4.69) is 10.6 Å². The van der Waals surface area contributed by atoms with E-state index in [0.29, 0.717) is 19.4 Å². The topological polar surface area (TPSA) is 78.4 Å². The molecular formula is C14H26N2O3. The largest absolute Gasteiger partial charge is 0.480 e. The smallest absolute Gasteiger partial charge is 0.329 e. The summed E-state index contributed by atoms with van der Waals surface area (Å²) >= 11 is 0. The summed E-state index contributed by atoms with van der Waals surface area (Å²) < 4.78 is 0. The number of aliphatic carboxylic acids is 1. The molecule has 3 N–H and O–H groups in total. The number of nitrogens with one attached hydrogen (secondary N) is 2. The number of amides is 1. The number of carbonyl (C=O) groups is 2. The molecule has 1 heterocycles. The highest BCUT2D eigenvalue weighted by Crippen LogP contribution is 2.35. The van der Waals surface area contributed by atoms with Crippen LogP contribution in [0, 0.1) is 11.3 Å². The third-order valence-electron chi connectivity index (χ3n) is 4.72. The van der Waals surface area contributed by atoms with Crippen LogP contribution in [0.2, 0.25) is 0 Å². The molecule has 0 aromatic heterocycles. The zero-order valence-electron chi connectivity index (χ0n) is 12.4. The fourth-order valence-electron chi connectivity index (χ4n) is 2.78. The van der Waals surface area contributed by atoms with E-state index in [1.54, 1.807) is 13.8 Å². The van der Waals surface area contributed by atoms with E-state index in [-0.39, 0.29) is 11.8 Å². The van der Waals surface area contributed by atoms with Crippen molar-refractivity contribution in [3.05, 3.63) is 0 Å². The Morgan fingerprint density at radius 3 is 2.26 bits per heavy atom. The highest BCUT2D eigenvalue weighted by atomic mass is 16.4. The van der Waals surface area contributed by atoms with Gasteiger partial charge in [-0.05, 0) is 31.7 Å². The molecule has 110 valence electrons. The maximum atomic E-state index is 12.6.